The topological polar surface area (TPSA) is 75.7 Å². The Balaban J connectivity index is 1.53. The number of ether oxygens (including phenoxy) is 1. The number of rotatable bonds is 6. The molecule has 1 atom stereocenters. The summed E-state index contributed by atoms with van der Waals surface area (Å²) in [4.78, 5) is 38.5. The van der Waals surface area contributed by atoms with Crippen LogP contribution in [0.25, 0.3) is 5.70 Å². The minimum atomic E-state index is -0.947. The maximum atomic E-state index is 12.5. The average molecular weight is 392 g/mol. The first-order valence-corrected chi connectivity index (χ1v) is 9.45. The molecule has 0 fully saturated rings. The highest BCUT2D eigenvalue weighted by Crippen LogP contribution is 2.31. The molecule has 29 heavy (non-hydrogen) atoms. The summed E-state index contributed by atoms with van der Waals surface area (Å²) >= 11 is 0. The van der Waals surface area contributed by atoms with Crippen molar-refractivity contribution < 1.29 is 19.1 Å². The lowest BCUT2D eigenvalue weighted by Gasteiger charge is -2.18. The van der Waals surface area contributed by atoms with Crippen LogP contribution >= 0.6 is 0 Å². The van der Waals surface area contributed by atoms with E-state index in [4.69, 9.17) is 4.74 Å². The van der Waals surface area contributed by atoms with Crippen molar-refractivity contribution in [3.8, 4) is 0 Å². The molecule has 2 aromatic rings. The predicted octanol–water partition coefficient (Wildman–Crippen LogP) is 3.69. The second-order valence-corrected chi connectivity index (χ2v) is 7.14. The summed E-state index contributed by atoms with van der Waals surface area (Å²) < 4.78 is 5.24. The molecule has 0 aliphatic carbocycles. The molecule has 2 amide bonds. The van der Waals surface area contributed by atoms with Gasteiger partial charge in [-0.05, 0) is 44.0 Å². The third-order valence-electron chi connectivity index (χ3n) is 4.91. The number of anilines is 1. The average Bonchev–Trinajstić information content (AvgIpc) is 2.93. The molecule has 1 unspecified atom stereocenters. The van der Waals surface area contributed by atoms with Gasteiger partial charge in [0.1, 0.15) is 0 Å². The number of nitrogens with zero attached hydrogens (tertiary/aromatic N) is 1. The van der Waals surface area contributed by atoms with Crippen molar-refractivity contribution in [2.45, 2.75) is 33.3 Å². The molecular formula is C23H24N2O4. The Hall–Kier alpha value is -3.41. The summed E-state index contributed by atoms with van der Waals surface area (Å²) in [5.41, 5.74) is 4.55. The smallest absolute Gasteiger partial charge is 0.308 e. The number of fused-ring (bicyclic) bond motifs is 1. The fraction of sp³-hybridized carbons (Fsp3) is 0.261. The van der Waals surface area contributed by atoms with Crippen LogP contribution in [0.4, 0.5) is 5.69 Å². The van der Waals surface area contributed by atoms with Crippen molar-refractivity contribution in [3.05, 3.63) is 71.3 Å². The fourth-order valence-electron chi connectivity index (χ4n) is 3.19. The van der Waals surface area contributed by atoms with Crippen LogP contribution in [0.3, 0.4) is 0 Å². The molecule has 0 spiro atoms. The number of esters is 1. The number of hydrogen-bond donors (Lipinski definition) is 1. The van der Waals surface area contributed by atoms with Crippen LogP contribution in [-0.4, -0.2) is 35.3 Å². The standard InChI is InChI=1S/C23H24N2O4/c1-14-9-10-15(2)20(13-14)24-22(27)17(4)29-21(26)11-12-25-16(3)18-7-5-6-8-19(18)23(25)28/h5-10,13,17H,3,11-12H2,1-2,4H3,(H,24,27). The number of hydrogen-bond acceptors (Lipinski definition) is 4. The number of aryl methyl sites for hydroxylation is 2. The molecule has 6 heteroatoms. The number of amides is 2. The molecule has 6 nitrogen and oxygen atoms in total. The Labute approximate surface area is 170 Å². The van der Waals surface area contributed by atoms with E-state index in [0.29, 0.717) is 16.9 Å². The van der Waals surface area contributed by atoms with E-state index in [9.17, 15) is 14.4 Å². The van der Waals surface area contributed by atoms with Gasteiger partial charge in [0.25, 0.3) is 11.8 Å². The van der Waals surface area contributed by atoms with Crippen molar-refractivity contribution in [1.29, 1.82) is 0 Å². The van der Waals surface area contributed by atoms with E-state index in [-0.39, 0.29) is 18.9 Å². The molecule has 0 aromatic heterocycles. The van der Waals surface area contributed by atoms with Gasteiger partial charge in [0.05, 0.1) is 6.42 Å². The minimum absolute atomic E-state index is 0.0279. The lowest BCUT2D eigenvalue weighted by molar-refractivity contribution is -0.153. The summed E-state index contributed by atoms with van der Waals surface area (Å²) in [5.74, 6) is -1.13. The molecule has 0 radical (unpaired) electrons. The van der Waals surface area contributed by atoms with Gasteiger partial charge in [-0.15, -0.1) is 0 Å². The third-order valence-corrected chi connectivity index (χ3v) is 4.91. The first-order chi connectivity index (χ1) is 13.8. The number of carbonyl (C=O) groups is 3. The van der Waals surface area contributed by atoms with E-state index >= 15 is 0 Å². The van der Waals surface area contributed by atoms with Crippen LogP contribution in [0.5, 0.6) is 0 Å². The second kappa shape index (κ2) is 8.31. The molecule has 150 valence electrons. The second-order valence-electron chi connectivity index (χ2n) is 7.14. The van der Waals surface area contributed by atoms with Crippen LogP contribution in [0, 0.1) is 13.8 Å². The fourth-order valence-corrected chi connectivity index (χ4v) is 3.19. The third kappa shape index (κ3) is 4.37. The molecule has 1 heterocycles. The largest absolute Gasteiger partial charge is 0.452 e. The van der Waals surface area contributed by atoms with Crippen molar-refractivity contribution in [2.75, 3.05) is 11.9 Å². The summed E-state index contributed by atoms with van der Waals surface area (Å²) in [6.45, 7) is 9.44. The first-order valence-electron chi connectivity index (χ1n) is 9.45. The summed E-state index contributed by atoms with van der Waals surface area (Å²) in [5, 5.41) is 2.78. The van der Waals surface area contributed by atoms with E-state index in [2.05, 4.69) is 11.9 Å². The molecule has 0 bridgehead atoms. The molecule has 1 N–H and O–H groups in total. The van der Waals surface area contributed by atoms with Crippen LogP contribution in [0.1, 0.15) is 40.4 Å². The highest BCUT2D eigenvalue weighted by molar-refractivity contribution is 6.08. The van der Waals surface area contributed by atoms with Crippen LogP contribution in [0.15, 0.2) is 49.0 Å². The number of nitrogens with one attached hydrogen (secondary N) is 1. The highest BCUT2D eigenvalue weighted by atomic mass is 16.5. The molecule has 1 aliphatic rings. The monoisotopic (exact) mass is 392 g/mol. The van der Waals surface area contributed by atoms with Gasteiger partial charge in [-0.1, -0.05) is 36.9 Å². The predicted molar refractivity (Wildman–Crippen MR) is 111 cm³/mol. The van der Waals surface area contributed by atoms with Crippen LogP contribution in [-0.2, 0) is 14.3 Å². The van der Waals surface area contributed by atoms with E-state index in [1.54, 1.807) is 12.1 Å². The zero-order valence-electron chi connectivity index (χ0n) is 16.8. The Morgan fingerprint density at radius 1 is 1.14 bits per heavy atom. The van der Waals surface area contributed by atoms with Gasteiger partial charge >= 0.3 is 5.97 Å². The normalized spacial score (nSPS) is 13.8. The maximum absolute atomic E-state index is 12.5. The van der Waals surface area contributed by atoms with E-state index in [0.717, 1.165) is 16.7 Å². The van der Waals surface area contributed by atoms with Gasteiger partial charge in [0.2, 0.25) is 0 Å². The van der Waals surface area contributed by atoms with Crippen molar-refractivity contribution in [1.82, 2.24) is 4.90 Å². The van der Waals surface area contributed by atoms with Gasteiger partial charge < -0.3 is 15.0 Å². The van der Waals surface area contributed by atoms with Crippen LogP contribution in [0.2, 0.25) is 0 Å². The van der Waals surface area contributed by atoms with Gasteiger partial charge in [-0.2, -0.15) is 0 Å². The Bertz CT molecular complexity index is 961. The Kier molecular flexibility index (Phi) is 5.82. The zero-order chi connectivity index (χ0) is 21.1. The molecular weight excluding hydrogens is 368 g/mol. The summed E-state index contributed by atoms with van der Waals surface area (Å²) in [6.07, 6.45) is -0.975. The Morgan fingerprint density at radius 3 is 2.52 bits per heavy atom. The van der Waals surface area contributed by atoms with Crippen molar-refractivity contribution in [2.24, 2.45) is 0 Å². The van der Waals surface area contributed by atoms with E-state index < -0.39 is 18.0 Å². The Morgan fingerprint density at radius 2 is 1.83 bits per heavy atom. The van der Waals surface area contributed by atoms with E-state index in [1.165, 1.54) is 11.8 Å². The number of carbonyl (C=O) groups excluding carboxylic acids is 3. The lowest BCUT2D eigenvalue weighted by Crippen LogP contribution is -2.32. The lowest BCUT2D eigenvalue weighted by atomic mass is 10.1. The summed E-state index contributed by atoms with van der Waals surface area (Å²) in [7, 11) is 0. The minimum Gasteiger partial charge on any atom is -0.452 e. The molecule has 0 saturated carbocycles. The molecule has 0 saturated heterocycles. The molecule has 2 aromatic carbocycles. The van der Waals surface area contributed by atoms with E-state index in [1.807, 2.05) is 44.2 Å². The van der Waals surface area contributed by atoms with Gasteiger partial charge in [-0.3, -0.25) is 14.4 Å². The quantitative estimate of drug-likeness (QED) is 0.761. The van der Waals surface area contributed by atoms with Crippen molar-refractivity contribution >= 4 is 29.2 Å². The number of benzene rings is 2. The molecule has 1 aliphatic heterocycles. The van der Waals surface area contributed by atoms with Crippen LogP contribution < -0.4 is 5.32 Å². The van der Waals surface area contributed by atoms with Gasteiger partial charge in [0.15, 0.2) is 6.10 Å². The maximum Gasteiger partial charge on any atom is 0.308 e. The zero-order valence-corrected chi connectivity index (χ0v) is 16.8. The van der Waals surface area contributed by atoms with Gasteiger partial charge in [-0.25, -0.2) is 0 Å². The SMILES string of the molecule is C=C1c2ccccc2C(=O)N1CCC(=O)OC(C)C(=O)Nc1cc(C)ccc1C. The summed E-state index contributed by atoms with van der Waals surface area (Å²) in [6, 6.07) is 12.9. The highest BCUT2D eigenvalue weighted by Gasteiger charge is 2.31. The van der Waals surface area contributed by atoms with Gasteiger partial charge in [0, 0.05) is 29.1 Å². The van der Waals surface area contributed by atoms with Crippen molar-refractivity contribution in [3.63, 3.8) is 0 Å². The molecule has 3 rings (SSSR count). The first kappa shape index (κ1) is 20.3.